The van der Waals surface area contributed by atoms with Gasteiger partial charge in [-0.25, -0.2) is 9.97 Å². The van der Waals surface area contributed by atoms with Crippen LogP contribution in [0.1, 0.15) is 24.8 Å². The summed E-state index contributed by atoms with van der Waals surface area (Å²) in [5.74, 6) is 0.287. The van der Waals surface area contributed by atoms with E-state index in [-0.39, 0.29) is 10.8 Å². The maximum absolute atomic E-state index is 10.9. The van der Waals surface area contributed by atoms with E-state index in [1.165, 1.54) is 19.3 Å². The van der Waals surface area contributed by atoms with E-state index in [0.29, 0.717) is 21.6 Å². The summed E-state index contributed by atoms with van der Waals surface area (Å²) < 4.78 is 16.8. The van der Waals surface area contributed by atoms with Gasteiger partial charge >= 0.3 is 7.60 Å². The molecule has 1 fully saturated rings. The Balaban J connectivity index is 0.000000555. The van der Waals surface area contributed by atoms with Crippen molar-refractivity contribution in [1.29, 1.82) is 0 Å². The summed E-state index contributed by atoms with van der Waals surface area (Å²) in [6.45, 7) is 2.26. The topological polar surface area (TPSA) is 184 Å². The molecule has 0 saturated carbocycles. The first kappa shape index (κ1) is 25.8. The Kier molecular flexibility index (Phi) is 7.40. The van der Waals surface area contributed by atoms with Crippen LogP contribution in [0.15, 0.2) is 36.8 Å². The zero-order chi connectivity index (χ0) is 24.7. The van der Waals surface area contributed by atoms with Crippen LogP contribution in [0, 0.1) is 0 Å². The Bertz CT molecular complexity index is 1190. The normalized spacial score (nSPS) is 26.2. The Morgan fingerprint density at radius 1 is 1.24 bits per heavy atom. The molecule has 0 amide bonds. The van der Waals surface area contributed by atoms with Crippen molar-refractivity contribution in [3.63, 3.8) is 0 Å². The highest BCUT2D eigenvalue weighted by Gasteiger charge is 2.55. The third kappa shape index (κ3) is 5.48. The smallest absolute Gasteiger partial charge is 0.322 e. The van der Waals surface area contributed by atoms with E-state index in [9.17, 15) is 19.9 Å². The summed E-state index contributed by atoms with van der Waals surface area (Å²) >= 11 is 12.0. The van der Waals surface area contributed by atoms with Crippen molar-refractivity contribution in [2.75, 3.05) is 12.4 Å². The van der Waals surface area contributed by atoms with Crippen LogP contribution in [-0.2, 0) is 9.30 Å². The van der Waals surface area contributed by atoms with Crippen LogP contribution >= 0.6 is 30.8 Å². The first-order valence-corrected chi connectivity index (χ1v) is 12.3. The molecule has 11 nitrogen and oxygen atoms in total. The van der Waals surface area contributed by atoms with Gasteiger partial charge in [-0.15, -0.1) is 0 Å². The predicted molar refractivity (Wildman–Crippen MR) is 122 cm³/mol. The molecular weight excluding hydrogens is 498 g/mol. The second kappa shape index (κ2) is 9.46. The van der Waals surface area contributed by atoms with Crippen molar-refractivity contribution in [3.05, 3.63) is 52.4 Å². The Labute approximate surface area is 198 Å². The molecule has 5 atom stereocenters. The molecule has 3 aromatic rings. The molecule has 1 aliphatic heterocycles. The highest BCUT2D eigenvalue weighted by atomic mass is 35.5. The number of nitrogens with two attached hydrogens (primary N) is 1. The number of aliphatic hydroxyl groups excluding tert-OH is 2. The van der Waals surface area contributed by atoms with E-state index in [0.717, 1.165) is 6.66 Å². The highest BCUT2D eigenvalue weighted by molar-refractivity contribution is 7.50. The predicted octanol–water partition coefficient (Wildman–Crippen LogP) is 1.86. The summed E-state index contributed by atoms with van der Waals surface area (Å²) in [5, 5.41) is 33.7. The number of fused-ring (bicyclic) bond motifs is 1. The van der Waals surface area contributed by atoms with Crippen molar-refractivity contribution in [2.24, 2.45) is 0 Å². The summed E-state index contributed by atoms with van der Waals surface area (Å²) in [6, 6.07) is 6.31. The molecule has 180 valence electrons. The van der Waals surface area contributed by atoms with E-state index in [4.69, 9.17) is 43.5 Å². The molecule has 0 aliphatic carbocycles. The van der Waals surface area contributed by atoms with Gasteiger partial charge in [0.2, 0.25) is 0 Å². The number of nitrogen functional groups attached to an aromatic ring is 1. The van der Waals surface area contributed by atoms with E-state index < -0.39 is 37.7 Å². The van der Waals surface area contributed by atoms with E-state index in [1.807, 2.05) is 0 Å². The minimum absolute atomic E-state index is 0.261. The van der Waals surface area contributed by atoms with Gasteiger partial charge in [0.1, 0.15) is 41.7 Å². The lowest BCUT2D eigenvalue weighted by Gasteiger charge is -2.29. The number of nitrogens with zero attached hydrogens (tertiary/aromatic N) is 3. The molecule has 1 aromatic carbocycles. The fourth-order valence-corrected chi connectivity index (χ4v) is 3.80. The Morgan fingerprint density at radius 2 is 1.88 bits per heavy atom. The molecule has 1 saturated heterocycles. The van der Waals surface area contributed by atoms with Crippen LogP contribution in [0.2, 0.25) is 10.0 Å². The lowest BCUT2D eigenvalue weighted by atomic mass is 9.88. The van der Waals surface area contributed by atoms with Crippen LogP contribution in [-0.4, -0.2) is 64.1 Å². The summed E-state index contributed by atoms with van der Waals surface area (Å²) in [4.78, 5) is 23.4. The number of halogens is 2. The Hall–Kier alpha value is -1.79. The number of aliphatic hydroxyl groups is 3. The third-order valence-electron chi connectivity index (χ3n) is 5.12. The number of ether oxygens (including phenoxy) is 1. The highest BCUT2D eigenvalue weighted by Crippen LogP contribution is 2.44. The second-order valence-electron chi connectivity index (χ2n) is 7.79. The molecule has 0 bridgehead atoms. The largest absolute Gasteiger partial charge is 0.386 e. The van der Waals surface area contributed by atoms with Crippen LogP contribution < -0.4 is 5.73 Å². The van der Waals surface area contributed by atoms with Crippen LogP contribution in [0.5, 0.6) is 0 Å². The number of hydrogen-bond donors (Lipinski definition) is 6. The minimum Gasteiger partial charge on any atom is -0.386 e. The van der Waals surface area contributed by atoms with Crippen LogP contribution in [0.25, 0.3) is 11.0 Å². The first-order chi connectivity index (χ1) is 15.2. The second-order valence-corrected chi connectivity index (χ2v) is 10.3. The number of hydrogen-bond acceptors (Lipinski definition) is 8. The van der Waals surface area contributed by atoms with Crippen LogP contribution in [0.3, 0.4) is 0 Å². The van der Waals surface area contributed by atoms with Crippen molar-refractivity contribution >= 4 is 47.6 Å². The van der Waals surface area contributed by atoms with Gasteiger partial charge in [0.25, 0.3) is 0 Å². The van der Waals surface area contributed by atoms with E-state index in [2.05, 4.69) is 9.97 Å². The molecule has 0 radical (unpaired) electrons. The summed E-state index contributed by atoms with van der Waals surface area (Å²) in [7, 11) is -3.64. The van der Waals surface area contributed by atoms with E-state index >= 15 is 0 Å². The van der Waals surface area contributed by atoms with Crippen molar-refractivity contribution in [2.45, 2.75) is 37.1 Å². The number of rotatable bonds is 3. The van der Waals surface area contributed by atoms with Crippen molar-refractivity contribution in [1.82, 2.24) is 14.5 Å². The molecule has 33 heavy (non-hydrogen) atoms. The third-order valence-corrected chi connectivity index (χ3v) is 5.86. The first-order valence-electron chi connectivity index (χ1n) is 9.50. The summed E-state index contributed by atoms with van der Waals surface area (Å²) in [6.07, 6.45) is -1.80. The minimum atomic E-state index is -3.64. The van der Waals surface area contributed by atoms with Gasteiger partial charge in [-0.1, -0.05) is 29.3 Å². The maximum Gasteiger partial charge on any atom is 0.322 e. The molecule has 14 heteroatoms. The van der Waals surface area contributed by atoms with Gasteiger partial charge in [0.15, 0.2) is 6.23 Å². The van der Waals surface area contributed by atoms with Gasteiger partial charge < -0.3 is 40.1 Å². The van der Waals surface area contributed by atoms with Crippen molar-refractivity contribution < 1.29 is 34.4 Å². The van der Waals surface area contributed by atoms with Gasteiger partial charge in [-0.3, -0.25) is 4.57 Å². The molecule has 0 unspecified atom stereocenters. The molecule has 3 heterocycles. The fraction of sp³-hybridized carbons (Fsp3) is 0.368. The number of anilines is 1. The van der Waals surface area contributed by atoms with Gasteiger partial charge in [-0.05, 0) is 30.7 Å². The lowest BCUT2D eigenvalue weighted by molar-refractivity contribution is -0.115. The monoisotopic (exact) mass is 520 g/mol. The van der Waals surface area contributed by atoms with Gasteiger partial charge in [0.05, 0.1) is 15.4 Å². The number of benzene rings is 1. The zero-order valence-corrected chi connectivity index (χ0v) is 19.9. The average Bonchev–Trinajstić information content (AvgIpc) is 3.22. The SMILES string of the molecule is CP(=O)(O)O.C[C@@]1(O)[C@@H]([C@H](O)c2ccc(Cl)c(Cl)c2)O[C@@H](n2ccc3c(N)ncnc32)[C@@H]1O. The van der Waals surface area contributed by atoms with Gasteiger partial charge in [-0.2, -0.15) is 0 Å². The molecule has 1 aliphatic rings. The van der Waals surface area contributed by atoms with Gasteiger partial charge in [0, 0.05) is 12.9 Å². The lowest BCUT2D eigenvalue weighted by Crippen LogP contribution is -2.47. The van der Waals surface area contributed by atoms with E-state index in [1.54, 1.807) is 29.0 Å². The molecule has 0 spiro atoms. The quantitative estimate of drug-likeness (QED) is 0.278. The fourth-order valence-electron chi connectivity index (χ4n) is 3.50. The standard InChI is InChI=1S/C18H18Cl2N4O4.CH5O3P/c1-18(27)13(26)17(24-5-4-9-15(21)22-7-23-16(9)24)28-14(18)12(25)8-2-3-10(19)11(20)6-8;1-5(2,3)4/h2-7,12-14,17,25-27H,1H3,(H2,21,22,23);1H3,(H2,2,3,4)/t12-,13+,14-,17-,18+;/m1./s1. The average molecular weight is 521 g/mol. The summed E-state index contributed by atoms with van der Waals surface area (Å²) in [5.41, 5.74) is 4.94. The molecule has 7 N–H and O–H groups in total. The molecule has 4 rings (SSSR count). The van der Waals surface area contributed by atoms with Crippen molar-refractivity contribution in [3.8, 4) is 0 Å². The number of aromatic nitrogens is 3. The van der Waals surface area contributed by atoms with Crippen LogP contribution in [0.4, 0.5) is 5.82 Å². The Morgan fingerprint density at radius 3 is 2.48 bits per heavy atom. The maximum atomic E-state index is 10.9. The zero-order valence-electron chi connectivity index (χ0n) is 17.4. The molecule has 2 aromatic heterocycles. The molecular formula is C19H23Cl2N4O7P.